The molecule has 2 rings (SSSR count). The molecule has 14 heavy (non-hydrogen) atoms. The van der Waals surface area contributed by atoms with Gasteiger partial charge in [-0.25, -0.2) is 0 Å². The lowest BCUT2D eigenvalue weighted by molar-refractivity contribution is 0.101. The van der Waals surface area contributed by atoms with Gasteiger partial charge in [-0.2, -0.15) is 0 Å². The second-order valence-electron chi connectivity index (χ2n) is 4.71. The summed E-state index contributed by atoms with van der Waals surface area (Å²) >= 11 is 0. The van der Waals surface area contributed by atoms with Gasteiger partial charge in [-0.3, -0.25) is 0 Å². The lowest BCUT2D eigenvalue weighted by Gasteiger charge is -2.24. The van der Waals surface area contributed by atoms with E-state index < -0.39 is 0 Å². The van der Waals surface area contributed by atoms with Crippen LogP contribution in [0.1, 0.15) is 32.6 Å². The highest BCUT2D eigenvalue weighted by atomic mass is 16.5. The first-order chi connectivity index (χ1) is 6.79. The zero-order valence-corrected chi connectivity index (χ0v) is 9.05. The van der Waals surface area contributed by atoms with Crippen molar-refractivity contribution in [2.24, 2.45) is 0 Å². The second kappa shape index (κ2) is 4.60. The molecule has 82 valence electrons. The van der Waals surface area contributed by atoms with E-state index in [2.05, 4.69) is 12.2 Å². The first-order valence-electron chi connectivity index (χ1n) is 5.73. The quantitative estimate of drug-likeness (QED) is 0.741. The number of rotatable bonds is 4. The summed E-state index contributed by atoms with van der Waals surface area (Å²) in [5, 5.41) is 3.58. The van der Waals surface area contributed by atoms with Crippen LogP contribution >= 0.6 is 0 Å². The summed E-state index contributed by atoms with van der Waals surface area (Å²) in [6, 6.07) is 0. The van der Waals surface area contributed by atoms with Gasteiger partial charge in [0.15, 0.2) is 0 Å². The molecule has 2 heterocycles. The Morgan fingerprint density at radius 3 is 3.00 bits per heavy atom. The molecule has 3 nitrogen and oxygen atoms in total. The molecule has 0 saturated carbocycles. The molecule has 0 aromatic rings. The predicted octanol–water partition coefficient (Wildman–Crippen LogP) is 1.32. The monoisotopic (exact) mass is 199 g/mol. The van der Waals surface area contributed by atoms with E-state index in [1.165, 1.54) is 12.8 Å². The Kier molecular flexibility index (Phi) is 3.42. The summed E-state index contributed by atoms with van der Waals surface area (Å²) in [5.74, 6) is 0. The SMILES string of the molecule is CC1(NCCC2CCCO2)CCOC1. The molecule has 3 heteroatoms. The van der Waals surface area contributed by atoms with Crippen LogP contribution in [-0.2, 0) is 9.47 Å². The summed E-state index contributed by atoms with van der Waals surface area (Å²) in [4.78, 5) is 0. The standard InChI is InChI=1S/C11H21NO2/c1-11(5-8-13-9-11)12-6-4-10-3-2-7-14-10/h10,12H,2-9H2,1H3. The van der Waals surface area contributed by atoms with Crippen molar-refractivity contribution >= 4 is 0 Å². The molecule has 2 saturated heterocycles. The third kappa shape index (κ3) is 2.69. The molecular formula is C11H21NO2. The maximum atomic E-state index is 5.58. The summed E-state index contributed by atoms with van der Waals surface area (Å²) in [6.07, 6.45) is 5.28. The topological polar surface area (TPSA) is 30.5 Å². The van der Waals surface area contributed by atoms with E-state index in [1.807, 2.05) is 0 Å². The average Bonchev–Trinajstić information content (AvgIpc) is 2.77. The highest BCUT2D eigenvalue weighted by Crippen LogP contribution is 2.19. The molecule has 2 aliphatic rings. The Balaban J connectivity index is 1.61. The molecule has 2 aliphatic heterocycles. The van der Waals surface area contributed by atoms with Crippen molar-refractivity contribution < 1.29 is 9.47 Å². The Bertz CT molecular complexity index is 172. The summed E-state index contributed by atoms with van der Waals surface area (Å²) in [5.41, 5.74) is 0.221. The van der Waals surface area contributed by atoms with Crippen molar-refractivity contribution in [3.63, 3.8) is 0 Å². The zero-order chi connectivity index (χ0) is 9.86. The van der Waals surface area contributed by atoms with Crippen LogP contribution in [0.2, 0.25) is 0 Å². The van der Waals surface area contributed by atoms with Crippen LogP contribution in [0.5, 0.6) is 0 Å². The number of ether oxygens (including phenoxy) is 2. The van der Waals surface area contributed by atoms with Crippen molar-refractivity contribution in [3.8, 4) is 0 Å². The Labute approximate surface area is 86.2 Å². The summed E-state index contributed by atoms with van der Waals surface area (Å²) in [6.45, 7) is 6.03. The molecular weight excluding hydrogens is 178 g/mol. The van der Waals surface area contributed by atoms with Crippen molar-refractivity contribution in [1.29, 1.82) is 0 Å². The van der Waals surface area contributed by atoms with Gasteiger partial charge in [0.25, 0.3) is 0 Å². The van der Waals surface area contributed by atoms with Crippen molar-refractivity contribution in [1.82, 2.24) is 5.32 Å². The number of hydrogen-bond acceptors (Lipinski definition) is 3. The maximum absolute atomic E-state index is 5.58. The smallest absolute Gasteiger partial charge is 0.0646 e. The third-order valence-corrected chi connectivity index (χ3v) is 3.26. The predicted molar refractivity (Wildman–Crippen MR) is 55.4 cm³/mol. The molecule has 2 fully saturated rings. The lowest BCUT2D eigenvalue weighted by atomic mass is 10.0. The maximum Gasteiger partial charge on any atom is 0.0646 e. The van der Waals surface area contributed by atoms with Gasteiger partial charge in [-0.15, -0.1) is 0 Å². The number of nitrogens with one attached hydrogen (secondary N) is 1. The normalized spacial score (nSPS) is 37.9. The highest BCUT2D eigenvalue weighted by molar-refractivity contribution is 4.87. The molecule has 0 aromatic carbocycles. The van der Waals surface area contributed by atoms with E-state index in [0.29, 0.717) is 6.10 Å². The largest absolute Gasteiger partial charge is 0.379 e. The van der Waals surface area contributed by atoms with Crippen LogP contribution in [-0.4, -0.2) is 38.0 Å². The fourth-order valence-corrected chi connectivity index (χ4v) is 2.21. The highest BCUT2D eigenvalue weighted by Gasteiger charge is 2.29. The van der Waals surface area contributed by atoms with Gasteiger partial charge in [-0.1, -0.05) is 0 Å². The molecule has 0 spiro atoms. The summed E-state index contributed by atoms with van der Waals surface area (Å²) < 4.78 is 11.0. The van der Waals surface area contributed by atoms with Gasteiger partial charge in [0.05, 0.1) is 12.7 Å². The molecule has 0 aliphatic carbocycles. The molecule has 0 amide bonds. The molecule has 2 atom stereocenters. The van der Waals surface area contributed by atoms with Gasteiger partial charge >= 0.3 is 0 Å². The molecule has 0 bridgehead atoms. The average molecular weight is 199 g/mol. The fraction of sp³-hybridized carbons (Fsp3) is 1.00. The van der Waals surface area contributed by atoms with E-state index in [9.17, 15) is 0 Å². The van der Waals surface area contributed by atoms with E-state index in [1.54, 1.807) is 0 Å². The van der Waals surface area contributed by atoms with E-state index in [0.717, 1.165) is 39.2 Å². The molecule has 1 N–H and O–H groups in total. The minimum absolute atomic E-state index is 0.221. The van der Waals surface area contributed by atoms with Crippen molar-refractivity contribution in [3.05, 3.63) is 0 Å². The van der Waals surface area contributed by atoms with Gasteiger partial charge in [0.1, 0.15) is 0 Å². The minimum Gasteiger partial charge on any atom is -0.379 e. The van der Waals surface area contributed by atoms with Crippen LogP contribution in [0, 0.1) is 0 Å². The summed E-state index contributed by atoms with van der Waals surface area (Å²) in [7, 11) is 0. The first-order valence-corrected chi connectivity index (χ1v) is 5.73. The van der Waals surface area contributed by atoms with Crippen LogP contribution in [0.15, 0.2) is 0 Å². The second-order valence-corrected chi connectivity index (χ2v) is 4.71. The van der Waals surface area contributed by atoms with Crippen LogP contribution in [0.25, 0.3) is 0 Å². The van der Waals surface area contributed by atoms with E-state index >= 15 is 0 Å². The number of hydrogen-bond donors (Lipinski definition) is 1. The molecule has 0 aromatic heterocycles. The Hall–Kier alpha value is -0.120. The van der Waals surface area contributed by atoms with Crippen LogP contribution in [0.4, 0.5) is 0 Å². The molecule has 0 radical (unpaired) electrons. The Morgan fingerprint density at radius 2 is 2.36 bits per heavy atom. The third-order valence-electron chi connectivity index (χ3n) is 3.26. The van der Waals surface area contributed by atoms with E-state index in [-0.39, 0.29) is 5.54 Å². The van der Waals surface area contributed by atoms with Crippen LogP contribution in [0.3, 0.4) is 0 Å². The van der Waals surface area contributed by atoms with Crippen LogP contribution < -0.4 is 5.32 Å². The fourth-order valence-electron chi connectivity index (χ4n) is 2.21. The Morgan fingerprint density at radius 1 is 1.43 bits per heavy atom. The van der Waals surface area contributed by atoms with Gasteiger partial charge < -0.3 is 14.8 Å². The van der Waals surface area contributed by atoms with Gasteiger partial charge in [0, 0.05) is 18.8 Å². The molecule has 2 unspecified atom stereocenters. The zero-order valence-electron chi connectivity index (χ0n) is 9.05. The van der Waals surface area contributed by atoms with E-state index in [4.69, 9.17) is 9.47 Å². The van der Waals surface area contributed by atoms with Crippen molar-refractivity contribution in [2.75, 3.05) is 26.4 Å². The van der Waals surface area contributed by atoms with Gasteiger partial charge in [-0.05, 0) is 39.2 Å². The van der Waals surface area contributed by atoms with Crippen molar-refractivity contribution in [2.45, 2.75) is 44.2 Å². The van der Waals surface area contributed by atoms with Gasteiger partial charge in [0.2, 0.25) is 0 Å². The lowest BCUT2D eigenvalue weighted by Crippen LogP contribution is -2.43. The first kappa shape index (κ1) is 10.4. The minimum atomic E-state index is 0.221.